The molecular weight excluding hydrogens is 296 g/mol. The molecule has 0 radical (unpaired) electrons. The maximum Gasteiger partial charge on any atom is 0.342 e. The second-order valence-corrected chi connectivity index (χ2v) is 4.71. The molecule has 0 aromatic heterocycles. The first kappa shape index (κ1) is 14.8. The van der Waals surface area contributed by atoms with Crippen LogP contribution in [0.3, 0.4) is 0 Å². The summed E-state index contributed by atoms with van der Waals surface area (Å²) in [4.78, 5) is 21.1. The molecule has 2 aromatic carbocycles. The number of rotatable bonds is 5. The Kier molecular flexibility index (Phi) is 4.39. The van der Waals surface area contributed by atoms with Gasteiger partial charge < -0.3 is 10.4 Å². The van der Waals surface area contributed by atoms with Crippen molar-refractivity contribution < 1.29 is 14.8 Å². The Morgan fingerprint density at radius 2 is 1.90 bits per heavy atom. The second kappa shape index (κ2) is 6.23. The van der Waals surface area contributed by atoms with Gasteiger partial charge in [0.05, 0.1) is 4.92 Å². The van der Waals surface area contributed by atoms with Gasteiger partial charge >= 0.3 is 5.97 Å². The molecule has 108 valence electrons. The summed E-state index contributed by atoms with van der Waals surface area (Å²) >= 11 is 5.78. The fourth-order valence-corrected chi connectivity index (χ4v) is 1.91. The maximum atomic E-state index is 10.9. The molecule has 0 saturated carbocycles. The van der Waals surface area contributed by atoms with E-state index in [0.29, 0.717) is 17.3 Å². The van der Waals surface area contributed by atoms with Crippen molar-refractivity contribution in [1.29, 1.82) is 0 Å². The Morgan fingerprint density at radius 1 is 1.24 bits per heavy atom. The number of carbonyl (C=O) groups is 1. The van der Waals surface area contributed by atoms with E-state index in [9.17, 15) is 14.9 Å². The zero-order valence-electron chi connectivity index (χ0n) is 10.7. The molecule has 0 aliphatic rings. The molecule has 2 aromatic rings. The van der Waals surface area contributed by atoms with E-state index < -0.39 is 16.6 Å². The number of nitro groups is 1. The molecule has 0 saturated heterocycles. The van der Waals surface area contributed by atoms with Gasteiger partial charge in [-0.2, -0.15) is 0 Å². The van der Waals surface area contributed by atoms with E-state index in [2.05, 4.69) is 5.32 Å². The number of nitrogens with one attached hydrogen (secondary N) is 1. The van der Waals surface area contributed by atoms with Gasteiger partial charge in [0.2, 0.25) is 0 Å². The molecule has 2 rings (SSSR count). The van der Waals surface area contributed by atoms with E-state index in [4.69, 9.17) is 16.7 Å². The molecule has 7 heteroatoms. The monoisotopic (exact) mass is 306 g/mol. The molecule has 0 fully saturated rings. The van der Waals surface area contributed by atoms with Gasteiger partial charge in [0.1, 0.15) is 5.56 Å². The zero-order chi connectivity index (χ0) is 15.4. The van der Waals surface area contributed by atoms with Crippen LogP contribution < -0.4 is 5.32 Å². The van der Waals surface area contributed by atoms with Crippen molar-refractivity contribution in [2.45, 2.75) is 6.54 Å². The molecule has 0 aliphatic heterocycles. The quantitative estimate of drug-likeness (QED) is 0.651. The van der Waals surface area contributed by atoms with E-state index in [1.54, 1.807) is 12.1 Å². The van der Waals surface area contributed by atoms with Crippen molar-refractivity contribution in [3.8, 4) is 0 Å². The number of aromatic carboxylic acids is 1. The fourth-order valence-electron chi connectivity index (χ4n) is 1.78. The second-order valence-electron chi connectivity index (χ2n) is 4.27. The molecule has 0 unspecified atom stereocenters. The van der Waals surface area contributed by atoms with Gasteiger partial charge in [-0.15, -0.1) is 0 Å². The van der Waals surface area contributed by atoms with Gasteiger partial charge in [0, 0.05) is 23.3 Å². The number of hydrogen-bond acceptors (Lipinski definition) is 4. The number of halogens is 1. The molecule has 6 nitrogen and oxygen atoms in total. The van der Waals surface area contributed by atoms with Crippen LogP contribution in [0.15, 0.2) is 42.5 Å². The number of benzene rings is 2. The SMILES string of the molecule is O=C(O)c1ccc(NCc2ccc(Cl)cc2)cc1[N+](=O)[O-]. The maximum absolute atomic E-state index is 10.9. The van der Waals surface area contributed by atoms with Crippen LogP contribution in [0.5, 0.6) is 0 Å². The molecule has 0 spiro atoms. The van der Waals surface area contributed by atoms with E-state index >= 15 is 0 Å². The third-order valence-electron chi connectivity index (χ3n) is 2.83. The van der Waals surface area contributed by atoms with Crippen LogP contribution in [-0.4, -0.2) is 16.0 Å². The molecule has 2 N–H and O–H groups in total. The highest BCUT2D eigenvalue weighted by Crippen LogP contribution is 2.23. The first-order valence-corrected chi connectivity index (χ1v) is 6.35. The molecule has 0 amide bonds. The molecule has 0 atom stereocenters. The Bertz CT molecular complexity index is 686. The predicted octanol–water partition coefficient (Wildman–Crippen LogP) is 3.56. The Labute approximate surface area is 125 Å². The van der Waals surface area contributed by atoms with Gasteiger partial charge in [-0.1, -0.05) is 23.7 Å². The van der Waals surface area contributed by atoms with Gasteiger partial charge in [-0.25, -0.2) is 4.79 Å². The van der Waals surface area contributed by atoms with Crippen LogP contribution >= 0.6 is 11.6 Å². The molecule has 21 heavy (non-hydrogen) atoms. The van der Waals surface area contributed by atoms with Crippen LogP contribution in [0.4, 0.5) is 11.4 Å². The summed E-state index contributed by atoms with van der Waals surface area (Å²) in [5.74, 6) is -1.33. The summed E-state index contributed by atoms with van der Waals surface area (Å²) in [7, 11) is 0. The number of carboxylic acid groups (broad SMARTS) is 1. The number of nitro benzene ring substituents is 1. The lowest BCUT2D eigenvalue weighted by atomic mass is 10.1. The average molecular weight is 307 g/mol. The van der Waals surface area contributed by atoms with Gasteiger partial charge in [-0.05, 0) is 29.8 Å². The summed E-state index contributed by atoms with van der Waals surface area (Å²) in [5.41, 5.74) is 0.645. The first-order valence-electron chi connectivity index (χ1n) is 5.97. The normalized spacial score (nSPS) is 10.1. The molecule has 0 aliphatic carbocycles. The summed E-state index contributed by atoms with van der Waals surface area (Å²) in [6.45, 7) is 0.445. The number of carboxylic acids is 1. The number of anilines is 1. The molecule has 0 bridgehead atoms. The smallest absolute Gasteiger partial charge is 0.342 e. The van der Waals surface area contributed by atoms with Crippen LogP contribution in [0.2, 0.25) is 5.02 Å². The third kappa shape index (κ3) is 3.70. The number of nitrogens with zero attached hydrogens (tertiary/aromatic N) is 1. The van der Waals surface area contributed by atoms with E-state index in [1.807, 2.05) is 12.1 Å². The Balaban J connectivity index is 2.17. The van der Waals surface area contributed by atoms with Crippen molar-refractivity contribution in [2.24, 2.45) is 0 Å². The topological polar surface area (TPSA) is 92.5 Å². The standard InChI is InChI=1S/C14H11ClN2O4/c15-10-3-1-9(2-4-10)8-16-11-5-6-12(14(18)19)13(7-11)17(20)21/h1-7,16H,8H2,(H,18,19). The predicted molar refractivity (Wildman–Crippen MR) is 78.8 cm³/mol. The Hall–Kier alpha value is -2.60. The van der Waals surface area contributed by atoms with Gasteiger partial charge in [0.15, 0.2) is 0 Å². The molecular formula is C14H11ClN2O4. The molecule has 0 heterocycles. The lowest BCUT2D eigenvalue weighted by Crippen LogP contribution is -2.05. The highest BCUT2D eigenvalue weighted by atomic mass is 35.5. The highest BCUT2D eigenvalue weighted by molar-refractivity contribution is 6.30. The van der Waals surface area contributed by atoms with Crippen LogP contribution in [0.25, 0.3) is 0 Å². The van der Waals surface area contributed by atoms with Gasteiger partial charge in [-0.3, -0.25) is 10.1 Å². The lowest BCUT2D eigenvalue weighted by Gasteiger charge is -2.07. The minimum absolute atomic E-state index is 0.336. The van der Waals surface area contributed by atoms with Crippen LogP contribution in [-0.2, 0) is 6.54 Å². The van der Waals surface area contributed by atoms with Crippen molar-refractivity contribution in [2.75, 3.05) is 5.32 Å². The Morgan fingerprint density at radius 3 is 2.48 bits per heavy atom. The van der Waals surface area contributed by atoms with Crippen molar-refractivity contribution in [3.05, 3.63) is 68.7 Å². The lowest BCUT2D eigenvalue weighted by molar-refractivity contribution is -0.385. The van der Waals surface area contributed by atoms with Crippen molar-refractivity contribution in [3.63, 3.8) is 0 Å². The average Bonchev–Trinajstić information content (AvgIpc) is 2.46. The van der Waals surface area contributed by atoms with Crippen molar-refractivity contribution in [1.82, 2.24) is 0 Å². The summed E-state index contributed by atoms with van der Waals surface area (Å²) in [6.07, 6.45) is 0. The van der Waals surface area contributed by atoms with E-state index in [1.165, 1.54) is 18.2 Å². The first-order chi connectivity index (χ1) is 9.97. The minimum Gasteiger partial charge on any atom is -0.477 e. The third-order valence-corrected chi connectivity index (χ3v) is 3.09. The summed E-state index contributed by atoms with van der Waals surface area (Å²) in [5, 5.41) is 23.4. The highest BCUT2D eigenvalue weighted by Gasteiger charge is 2.19. The summed E-state index contributed by atoms with van der Waals surface area (Å²) in [6, 6.07) is 11.1. The van der Waals surface area contributed by atoms with Crippen molar-refractivity contribution >= 4 is 28.9 Å². The minimum atomic E-state index is -1.33. The number of hydrogen-bond donors (Lipinski definition) is 2. The summed E-state index contributed by atoms with van der Waals surface area (Å²) < 4.78 is 0. The van der Waals surface area contributed by atoms with E-state index in [-0.39, 0.29) is 5.56 Å². The van der Waals surface area contributed by atoms with E-state index in [0.717, 1.165) is 5.56 Å². The zero-order valence-corrected chi connectivity index (χ0v) is 11.5. The van der Waals surface area contributed by atoms with Gasteiger partial charge in [0.25, 0.3) is 5.69 Å². The largest absolute Gasteiger partial charge is 0.477 e. The van der Waals surface area contributed by atoms with Crippen LogP contribution in [0, 0.1) is 10.1 Å². The fraction of sp³-hybridized carbons (Fsp3) is 0.0714. The van der Waals surface area contributed by atoms with Crippen LogP contribution in [0.1, 0.15) is 15.9 Å².